The van der Waals surface area contributed by atoms with Crippen LogP contribution in [0, 0.1) is 0 Å². The van der Waals surface area contributed by atoms with Gasteiger partial charge in [0.2, 0.25) is 11.8 Å². The van der Waals surface area contributed by atoms with E-state index in [1.54, 1.807) is 0 Å². The average Bonchev–Trinajstić information content (AvgIpc) is 3.56. The van der Waals surface area contributed by atoms with Crippen molar-refractivity contribution >= 4 is 67.9 Å². The number of rotatable bonds is 8. The smallest absolute Gasteiger partial charge is 0.227 e. The molecule has 0 spiro atoms. The number of amides is 2. The lowest BCUT2D eigenvalue weighted by atomic mass is 9.96. The molecule has 0 unspecified atom stereocenters. The van der Waals surface area contributed by atoms with Crippen LogP contribution in [0.5, 0.6) is 0 Å². The Hall–Kier alpha value is -3.08. The highest BCUT2D eigenvalue weighted by atomic mass is 35.5. The monoisotopic (exact) mass is 558 g/mol. The first-order chi connectivity index (χ1) is 19.1. The third-order valence-corrected chi connectivity index (χ3v) is 9.10. The molecule has 39 heavy (non-hydrogen) atoms. The van der Waals surface area contributed by atoms with Crippen LogP contribution in [0.4, 0.5) is 11.4 Å². The van der Waals surface area contributed by atoms with Gasteiger partial charge in [0.25, 0.3) is 0 Å². The average molecular weight is 560 g/mol. The summed E-state index contributed by atoms with van der Waals surface area (Å²) in [5.41, 5.74) is 4.37. The first kappa shape index (κ1) is 26.2. The van der Waals surface area contributed by atoms with Crippen LogP contribution in [0.3, 0.4) is 0 Å². The number of fused-ring (bicyclic) bond motifs is 6. The highest BCUT2D eigenvalue weighted by molar-refractivity contribution is 6.19. The Morgan fingerprint density at radius 3 is 1.49 bits per heavy atom. The Morgan fingerprint density at radius 1 is 0.615 bits per heavy atom. The van der Waals surface area contributed by atoms with E-state index in [-0.39, 0.29) is 23.7 Å². The molecule has 0 aromatic heterocycles. The molecule has 4 aromatic rings. The van der Waals surface area contributed by atoms with Crippen LogP contribution in [0.25, 0.3) is 21.5 Å². The molecule has 6 heteroatoms. The standard InChI is InChI=1S/C33H32Cl2N2O2/c34-18-24-20-36(28-16-14-22-8-4-6-10-26(22)32(24)28)30(38)12-2-1-3-13-31(39)37-21-25(19-35)33-27-11-7-5-9-23(27)15-17-29(33)37/h4-11,14-17,24-25H,1-3,12-13,18-21H2/t24-,25-/m1/s1. The lowest BCUT2D eigenvalue weighted by Gasteiger charge is -2.19. The maximum atomic E-state index is 13.2. The zero-order valence-electron chi connectivity index (χ0n) is 21.9. The summed E-state index contributed by atoms with van der Waals surface area (Å²) in [6, 6.07) is 24.9. The second kappa shape index (κ2) is 11.2. The number of nitrogens with zero attached hydrogens (tertiary/aromatic N) is 2. The minimum absolute atomic E-state index is 0.135. The predicted molar refractivity (Wildman–Crippen MR) is 163 cm³/mol. The molecule has 2 heterocycles. The van der Waals surface area contributed by atoms with Crippen molar-refractivity contribution < 1.29 is 9.59 Å². The molecule has 0 aliphatic carbocycles. The summed E-state index contributed by atoms with van der Waals surface area (Å²) in [6.07, 6.45) is 3.32. The van der Waals surface area contributed by atoms with Gasteiger partial charge in [-0.15, -0.1) is 23.2 Å². The topological polar surface area (TPSA) is 40.6 Å². The van der Waals surface area contributed by atoms with Gasteiger partial charge in [-0.3, -0.25) is 9.59 Å². The highest BCUT2D eigenvalue weighted by Crippen LogP contribution is 2.43. The molecule has 0 saturated heterocycles. The SMILES string of the molecule is O=C(CCCCCC(=O)N1C[C@@H](CCl)c2c1ccc1ccccc21)N1C[C@@H](CCl)c2c1ccc1ccccc21. The number of carbonyl (C=O) groups excluding carboxylic acids is 2. The first-order valence-electron chi connectivity index (χ1n) is 13.9. The van der Waals surface area contributed by atoms with Crippen molar-refractivity contribution in [1.29, 1.82) is 0 Å². The fourth-order valence-corrected chi connectivity index (χ4v) is 6.94. The van der Waals surface area contributed by atoms with Crippen molar-refractivity contribution in [3.05, 3.63) is 83.9 Å². The third-order valence-electron chi connectivity index (χ3n) is 8.36. The highest BCUT2D eigenvalue weighted by Gasteiger charge is 2.34. The number of benzene rings is 4. The van der Waals surface area contributed by atoms with Crippen LogP contribution >= 0.6 is 23.2 Å². The van der Waals surface area contributed by atoms with Gasteiger partial charge in [0.05, 0.1) is 0 Å². The molecule has 0 radical (unpaired) electrons. The third kappa shape index (κ3) is 4.79. The Labute approximate surface area is 239 Å². The molecule has 0 fully saturated rings. The van der Waals surface area contributed by atoms with Crippen LogP contribution in [0.15, 0.2) is 72.8 Å². The normalized spacial score (nSPS) is 18.1. The van der Waals surface area contributed by atoms with Crippen LogP contribution in [0.1, 0.15) is 55.1 Å². The van der Waals surface area contributed by atoms with Crippen molar-refractivity contribution in [2.45, 2.75) is 43.9 Å². The van der Waals surface area contributed by atoms with Gasteiger partial charge in [-0.2, -0.15) is 0 Å². The maximum absolute atomic E-state index is 13.2. The summed E-state index contributed by atoms with van der Waals surface area (Å²) in [7, 11) is 0. The molecule has 4 nitrogen and oxygen atoms in total. The van der Waals surface area contributed by atoms with E-state index in [4.69, 9.17) is 23.2 Å². The van der Waals surface area contributed by atoms with E-state index in [1.807, 2.05) is 34.1 Å². The van der Waals surface area contributed by atoms with Crippen molar-refractivity contribution in [1.82, 2.24) is 0 Å². The first-order valence-corrected chi connectivity index (χ1v) is 14.9. The van der Waals surface area contributed by atoms with Gasteiger partial charge in [-0.1, -0.05) is 67.1 Å². The zero-order chi connectivity index (χ0) is 26.9. The van der Waals surface area contributed by atoms with Gasteiger partial charge in [0.1, 0.15) is 0 Å². The van der Waals surface area contributed by atoms with Crippen molar-refractivity contribution in [2.75, 3.05) is 34.6 Å². The Bertz CT molecular complexity index is 1440. The second-order valence-corrected chi connectivity index (χ2v) is 11.3. The minimum atomic E-state index is 0.135. The van der Waals surface area contributed by atoms with Gasteiger partial charge in [0.15, 0.2) is 0 Å². The quantitative estimate of drug-likeness (QED) is 0.162. The summed E-state index contributed by atoms with van der Waals surface area (Å²) in [4.78, 5) is 30.3. The van der Waals surface area contributed by atoms with E-state index >= 15 is 0 Å². The maximum Gasteiger partial charge on any atom is 0.227 e. The zero-order valence-corrected chi connectivity index (χ0v) is 23.4. The van der Waals surface area contributed by atoms with Gasteiger partial charge in [-0.25, -0.2) is 0 Å². The fraction of sp³-hybridized carbons (Fsp3) is 0.333. The molecular formula is C33H32Cl2N2O2. The van der Waals surface area contributed by atoms with Crippen molar-refractivity contribution in [3.63, 3.8) is 0 Å². The van der Waals surface area contributed by atoms with E-state index in [9.17, 15) is 9.59 Å². The molecule has 2 amide bonds. The lowest BCUT2D eigenvalue weighted by Crippen LogP contribution is -2.30. The van der Waals surface area contributed by atoms with E-state index in [2.05, 4.69) is 48.5 Å². The van der Waals surface area contributed by atoms with E-state index < -0.39 is 0 Å². The number of alkyl halides is 2. The molecule has 0 saturated carbocycles. The largest absolute Gasteiger partial charge is 0.311 e. The molecule has 2 aliphatic rings. The summed E-state index contributed by atoms with van der Waals surface area (Å²) < 4.78 is 0. The molecule has 0 bridgehead atoms. The molecule has 6 rings (SSSR count). The summed E-state index contributed by atoms with van der Waals surface area (Å²) in [6.45, 7) is 1.27. The van der Waals surface area contributed by atoms with E-state index in [1.165, 1.54) is 32.7 Å². The van der Waals surface area contributed by atoms with Gasteiger partial charge < -0.3 is 9.80 Å². The molecule has 0 N–H and O–H groups in total. The van der Waals surface area contributed by atoms with Gasteiger partial charge in [-0.05, 0) is 57.6 Å². The van der Waals surface area contributed by atoms with E-state index in [0.29, 0.717) is 37.7 Å². The Balaban J connectivity index is 1.05. The van der Waals surface area contributed by atoms with Gasteiger partial charge >= 0.3 is 0 Å². The Kier molecular flexibility index (Phi) is 7.51. The number of hydrogen-bond acceptors (Lipinski definition) is 2. The molecule has 200 valence electrons. The summed E-state index contributed by atoms with van der Waals surface area (Å²) in [5, 5.41) is 4.72. The number of anilines is 2. The number of halogens is 2. The van der Waals surface area contributed by atoms with Crippen LogP contribution in [-0.4, -0.2) is 36.7 Å². The van der Waals surface area contributed by atoms with E-state index in [0.717, 1.165) is 30.6 Å². The van der Waals surface area contributed by atoms with Crippen molar-refractivity contribution in [3.8, 4) is 0 Å². The summed E-state index contributed by atoms with van der Waals surface area (Å²) >= 11 is 12.7. The van der Waals surface area contributed by atoms with Crippen molar-refractivity contribution in [2.24, 2.45) is 0 Å². The van der Waals surface area contributed by atoms with Gasteiger partial charge in [0, 0.05) is 60.9 Å². The van der Waals surface area contributed by atoms with Crippen LogP contribution in [-0.2, 0) is 9.59 Å². The Morgan fingerprint density at radius 2 is 1.05 bits per heavy atom. The van der Waals surface area contributed by atoms with Crippen LogP contribution < -0.4 is 9.80 Å². The predicted octanol–water partition coefficient (Wildman–Crippen LogP) is 7.98. The summed E-state index contributed by atoms with van der Waals surface area (Å²) in [5.74, 6) is 1.55. The molecule has 2 atom stereocenters. The number of carbonyl (C=O) groups is 2. The fourth-order valence-electron chi connectivity index (χ4n) is 6.44. The second-order valence-electron chi connectivity index (χ2n) is 10.7. The lowest BCUT2D eigenvalue weighted by molar-refractivity contribution is -0.119. The molecule has 4 aromatic carbocycles. The number of hydrogen-bond donors (Lipinski definition) is 0. The molecule has 2 aliphatic heterocycles. The molecular weight excluding hydrogens is 527 g/mol. The van der Waals surface area contributed by atoms with Crippen LogP contribution in [0.2, 0.25) is 0 Å². The minimum Gasteiger partial charge on any atom is -0.311 e. The number of unbranched alkanes of at least 4 members (excludes halogenated alkanes) is 2.